The highest BCUT2D eigenvalue weighted by Crippen LogP contribution is 2.55. The maximum Gasteiger partial charge on any atom is 0.0543 e. The second kappa shape index (κ2) is 13.9. The zero-order chi connectivity index (χ0) is 38.1. The van der Waals surface area contributed by atoms with Crippen LogP contribution < -0.4 is 4.90 Å². The molecule has 3 atom stereocenters. The van der Waals surface area contributed by atoms with Gasteiger partial charge in [0.25, 0.3) is 0 Å². The van der Waals surface area contributed by atoms with E-state index in [4.69, 9.17) is 0 Å². The molecule has 0 spiro atoms. The summed E-state index contributed by atoms with van der Waals surface area (Å²) in [7, 11) is 0. The molecule has 4 aliphatic rings. The van der Waals surface area contributed by atoms with Gasteiger partial charge in [-0.2, -0.15) is 0 Å². The van der Waals surface area contributed by atoms with Gasteiger partial charge in [0.05, 0.1) is 5.69 Å². The lowest BCUT2D eigenvalue weighted by Crippen LogP contribution is -2.17. The van der Waals surface area contributed by atoms with Crippen molar-refractivity contribution in [2.24, 2.45) is 11.8 Å². The number of anilines is 3. The Bertz CT molecular complexity index is 2580. The van der Waals surface area contributed by atoms with E-state index in [2.05, 4.69) is 170 Å². The molecule has 1 nitrogen and oxygen atoms in total. The van der Waals surface area contributed by atoms with Crippen LogP contribution >= 0.6 is 0 Å². The molecule has 3 unspecified atom stereocenters. The fourth-order valence-corrected chi connectivity index (χ4v) is 11.7. The van der Waals surface area contributed by atoms with E-state index in [9.17, 15) is 0 Å². The van der Waals surface area contributed by atoms with Gasteiger partial charge in [-0.1, -0.05) is 155 Å². The van der Waals surface area contributed by atoms with Crippen LogP contribution in [0.1, 0.15) is 106 Å². The normalized spacial score (nSPS) is 20.8. The number of hydrogen-bond donors (Lipinski definition) is 0. The molecular formula is C56H53N. The zero-order valence-corrected chi connectivity index (χ0v) is 33.6. The Morgan fingerprint density at radius 2 is 1.14 bits per heavy atom. The van der Waals surface area contributed by atoms with Crippen LogP contribution in [0.5, 0.6) is 0 Å². The SMILES string of the molecule is CC1(C)c2ccccc2-c2cc(-c3cccc4ccccc34)c(N(c3ccc(-c4ccc(C5CC6CCC5C6)cc4)cc3)c3ccc(C4CCCCC4)cc3)cc21. The molecule has 0 radical (unpaired) electrons. The molecule has 57 heavy (non-hydrogen) atoms. The van der Waals surface area contributed by atoms with Gasteiger partial charge in [-0.05, 0) is 153 Å². The number of nitrogens with zero attached hydrogens (tertiary/aromatic N) is 1. The van der Waals surface area contributed by atoms with Crippen LogP contribution in [-0.4, -0.2) is 0 Å². The largest absolute Gasteiger partial charge is 0.310 e. The first-order valence-corrected chi connectivity index (χ1v) is 21.9. The Morgan fingerprint density at radius 3 is 1.88 bits per heavy atom. The molecular weight excluding hydrogens is 687 g/mol. The zero-order valence-electron chi connectivity index (χ0n) is 33.6. The van der Waals surface area contributed by atoms with Crippen molar-refractivity contribution < 1.29 is 0 Å². The summed E-state index contributed by atoms with van der Waals surface area (Å²) < 4.78 is 0. The first-order chi connectivity index (χ1) is 28.0. The highest BCUT2D eigenvalue weighted by atomic mass is 15.1. The third kappa shape index (κ3) is 5.96. The Labute approximate surface area is 339 Å². The summed E-state index contributed by atoms with van der Waals surface area (Å²) in [6.45, 7) is 4.80. The Kier molecular flexibility index (Phi) is 8.50. The molecule has 0 aromatic heterocycles. The molecule has 0 saturated heterocycles. The minimum atomic E-state index is -0.122. The molecule has 7 aromatic carbocycles. The monoisotopic (exact) mass is 739 g/mol. The Balaban J connectivity index is 1.06. The van der Waals surface area contributed by atoms with Crippen molar-refractivity contribution >= 4 is 27.8 Å². The predicted octanol–water partition coefficient (Wildman–Crippen LogP) is 15.9. The molecule has 2 bridgehead atoms. The lowest BCUT2D eigenvalue weighted by Gasteiger charge is -2.31. The summed E-state index contributed by atoms with van der Waals surface area (Å²) in [5, 5.41) is 2.55. The average molecular weight is 740 g/mol. The van der Waals surface area contributed by atoms with Crippen LogP contribution in [0.3, 0.4) is 0 Å². The third-order valence-electron chi connectivity index (χ3n) is 14.8. The number of fused-ring (bicyclic) bond motifs is 6. The fourth-order valence-electron chi connectivity index (χ4n) is 11.7. The maximum absolute atomic E-state index is 2.54. The predicted molar refractivity (Wildman–Crippen MR) is 241 cm³/mol. The summed E-state index contributed by atoms with van der Waals surface area (Å²) in [5.41, 5.74) is 17.1. The van der Waals surface area contributed by atoms with Crippen molar-refractivity contribution in [3.63, 3.8) is 0 Å². The summed E-state index contributed by atoms with van der Waals surface area (Å²) in [5.74, 6) is 3.30. The minimum Gasteiger partial charge on any atom is -0.310 e. The molecule has 7 aromatic rings. The lowest BCUT2D eigenvalue weighted by atomic mass is 9.81. The highest BCUT2D eigenvalue weighted by Gasteiger charge is 2.40. The van der Waals surface area contributed by atoms with Crippen LogP contribution in [0.25, 0.3) is 44.2 Å². The van der Waals surface area contributed by atoms with E-state index in [0.29, 0.717) is 5.92 Å². The summed E-state index contributed by atoms with van der Waals surface area (Å²) in [6.07, 6.45) is 12.4. The van der Waals surface area contributed by atoms with Crippen LogP contribution in [0.4, 0.5) is 17.1 Å². The maximum atomic E-state index is 2.54. The van der Waals surface area contributed by atoms with E-state index in [-0.39, 0.29) is 5.41 Å². The number of benzene rings is 7. The van der Waals surface area contributed by atoms with Gasteiger partial charge >= 0.3 is 0 Å². The summed E-state index contributed by atoms with van der Waals surface area (Å²) in [4.78, 5) is 2.54. The number of rotatable bonds is 7. The van der Waals surface area contributed by atoms with Gasteiger partial charge in [0, 0.05) is 22.4 Å². The molecule has 3 saturated carbocycles. The molecule has 0 N–H and O–H groups in total. The minimum absolute atomic E-state index is 0.122. The van der Waals surface area contributed by atoms with Crippen molar-refractivity contribution in [1.82, 2.24) is 0 Å². The molecule has 11 rings (SSSR count). The molecule has 3 fully saturated rings. The molecule has 1 heteroatoms. The van der Waals surface area contributed by atoms with Crippen molar-refractivity contribution in [3.8, 4) is 33.4 Å². The fraction of sp³-hybridized carbons (Fsp3) is 0.286. The first kappa shape index (κ1) is 34.8. The summed E-state index contributed by atoms with van der Waals surface area (Å²) in [6, 6.07) is 58.4. The van der Waals surface area contributed by atoms with E-state index >= 15 is 0 Å². The quantitative estimate of drug-likeness (QED) is 0.157. The van der Waals surface area contributed by atoms with Gasteiger partial charge in [0.1, 0.15) is 0 Å². The van der Waals surface area contributed by atoms with E-state index < -0.39 is 0 Å². The van der Waals surface area contributed by atoms with Gasteiger partial charge in [0.2, 0.25) is 0 Å². The van der Waals surface area contributed by atoms with Crippen LogP contribution in [-0.2, 0) is 5.41 Å². The highest BCUT2D eigenvalue weighted by molar-refractivity contribution is 6.03. The topological polar surface area (TPSA) is 3.24 Å². The summed E-state index contributed by atoms with van der Waals surface area (Å²) >= 11 is 0. The van der Waals surface area contributed by atoms with Gasteiger partial charge in [-0.15, -0.1) is 0 Å². The van der Waals surface area contributed by atoms with Gasteiger partial charge in [-0.25, -0.2) is 0 Å². The number of hydrogen-bond acceptors (Lipinski definition) is 1. The Hall–Kier alpha value is -5.40. The average Bonchev–Trinajstić information content (AvgIpc) is 3.97. The first-order valence-electron chi connectivity index (χ1n) is 21.9. The van der Waals surface area contributed by atoms with Crippen LogP contribution in [0.2, 0.25) is 0 Å². The second-order valence-electron chi connectivity index (χ2n) is 18.3. The Morgan fingerprint density at radius 1 is 0.491 bits per heavy atom. The molecule has 282 valence electrons. The van der Waals surface area contributed by atoms with Gasteiger partial charge in [0.15, 0.2) is 0 Å². The van der Waals surface area contributed by atoms with Gasteiger partial charge < -0.3 is 4.90 Å². The van der Waals surface area contributed by atoms with Crippen LogP contribution in [0, 0.1) is 11.8 Å². The third-order valence-corrected chi connectivity index (χ3v) is 14.8. The molecule has 4 aliphatic carbocycles. The van der Waals surface area contributed by atoms with Crippen molar-refractivity contribution in [2.75, 3.05) is 4.90 Å². The van der Waals surface area contributed by atoms with Crippen molar-refractivity contribution in [3.05, 3.63) is 174 Å². The molecule has 0 aliphatic heterocycles. The smallest absolute Gasteiger partial charge is 0.0543 e. The van der Waals surface area contributed by atoms with E-state index in [0.717, 1.165) is 17.8 Å². The van der Waals surface area contributed by atoms with Gasteiger partial charge in [-0.3, -0.25) is 0 Å². The second-order valence-corrected chi connectivity index (χ2v) is 18.3. The standard InChI is InChI=1S/C56H53N/c1-56(2)53-18-9-8-16-49(53)51-35-52(48-17-10-14-42-13-6-7-15-47(42)48)55(36-54(51)56)57(45-29-25-40(26-30-45)38-11-4-3-5-12-38)46-31-27-41(28-32-46)39-21-23-43(24-22-39)50-34-37-19-20-44(50)33-37/h6-10,13-18,21-32,35-38,44,50H,3-5,11-12,19-20,33-34H2,1-2H3. The van der Waals surface area contributed by atoms with Crippen LogP contribution in [0.15, 0.2) is 152 Å². The molecule has 0 amide bonds. The van der Waals surface area contributed by atoms with E-state index in [1.807, 2.05) is 0 Å². The van der Waals surface area contributed by atoms with E-state index in [1.54, 1.807) is 5.56 Å². The van der Waals surface area contributed by atoms with E-state index in [1.165, 1.54) is 136 Å². The molecule has 0 heterocycles. The van der Waals surface area contributed by atoms with Crippen molar-refractivity contribution in [2.45, 2.75) is 88.9 Å². The van der Waals surface area contributed by atoms with Crippen molar-refractivity contribution in [1.29, 1.82) is 0 Å². The lowest BCUT2D eigenvalue weighted by molar-refractivity contribution is 0.420.